The SMILES string of the molecule is O=C(c1ccco1)N1CCc2ncnc([C@H]3CCOC3)c2CC1. The van der Waals surface area contributed by atoms with Gasteiger partial charge in [0, 0.05) is 37.7 Å². The summed E-state index contributed by atoms with van der Waals surface area (Å²) in [7, 11) is 0. The Morgan fingerprint density at radius 2 is 2.17 bits per heavy atom. The van der Waals surface area contributed by atoms with Crippen LogP contribution in [0.15, 0.2) is 29.1 Å². The van der Waals surface area contributed by atoms with Gasteiger partial charge in [0.05, 0.1) is 18.6 Å². The molecular formula is C17H19N3O3. The highest BCUT2D eigenvalue weighted by Crippen LogP contribution is 2.29. The van der Waals surface area contributed by atoms with Crippen LogP contribution in [0.25, 0.3) is 0 Å². The van der Waals surface area contributed by atoms with Gasteiger partial charge >= 0.3 is 0 Å². The van der Waals surface area contributed by atoms with Crippen LogP contribution < -0.4 is 0 Å². The summed E-state index contributed by atoms with van der Waals surface area (Å²) in [5.41, 5.74) is 3.38. The number of furan rings is 1. The second kappa shape index (κ2) is 6.12. The molecule has 6 heteroatoms. The Balaban J connectivity index is 1.56. The first-order valence-corrected chi connectivity index (χ1v) is 8.06. The van der Waals surface area contributed by atoms with Crippen LogP contribution in [0.4, 0.5) is 0 Å². The van der Waals surface area contributed by atoms with Gasteiger partial charge in [-0.15, -0.1) is 0 Å². The van der Waals surface area contributed by atoms with Crippen molar-refractivity contribution < 1.29 is 13.9 Å². The zero-order valence-electron chi connectivity index (χ0n) is 12.9. The van der Waals surface area contributed by atoms with E-state index in [2.05, 4.69) is 9.97 Å². The standard InChI is InChI=1S/C17H19N3O3/c21-17(15-2-1-8-23-15)20-6-3-13-14(4-7-20)18-11-19-16(13)12-5-9-22-10-12/h1-2,8,11-12H,3-7,9-10H2/t12-/m0/s1. The average Bonchev–Trinajstić information content (AvgIpc) is 3.24. The van der Waals surface area contributed by atoms with E-state index >= 15 is 0 Å². The molecule has 0 spiro atoms. The Labute approximate surface area is 134 Å². The monoisotopic (exact) mass is 313 g/mol. The Morgan fingerprint density at radius 3 is 2.96 bits per heavy atom. The molecule has 0 saturated carbocycles. The minimum atomic E-state index is -0.0542. The molecule has 2 aromatic rings. The molecule has 2 aliphatic rings. The lowest BCUT2D eigenvalue weighted by Crippen LogP contribution is -2.33. The van der Waals surface area contributed by atoms with Crippen molar-refractivity contribution in [2.75, 3.05) is 26.3 Å². The Bertz CT molecular complexity index is 693. The fraction of sp³-hybridized carbons (Fsp3) is 0.471. The molecule has 2 aromatic heterocycles. The zero-order valence-corrected chi connectivity index (χ0v) is 12.9. The fourth-order valence-electron chi connectivity index (χ4n) is 3.41. The van der Waals surface area contributed by atoms with Crippen molar-refractivity contribution in [3.05, 3.63) is 47.4 Å². The number of hydrogen-bond acceptors (Lipinski definition) is 5. The van der Waals surface area contributed by atoms with E-state index in [1.807, 2.05) is 4.90 Å². The molecule has 1 amide bonds. The van der Waals surface area contributed by atoms with Crippen LogP contribution in [-0.4, -0.2) is 47.1 Å². The lowest BCUT2D eigenvalue weighted by molar-refractivity contribution is 0.0731. The first-order chi connectivity index (χ1) is 11.3. The third-order valence-corrected chi connectivity index (χ3v) is 4.65. The van der Waals surface area contributed by atoms with Gasteiger partial charge in [-0.3, -0.25) is 4.79 Å². The van der Waals surface area contributed by atoms with Crippen LogP contribution in [0.3, 0.4) is 0 Å². The van der Waals surface area contributed by atoms with Crippen LogP contribution in [0.1, 0.15) is 39.8 Å². The second-order valence-corrected chi connectivity index (χ2v) is 6.01. The number of rotatable bonds is 2. The van der Waals surface area contributed by atoms with Crippen molar-refractivity contribution in [1.82, 2.24) is 14.9 Å². The van der Waals surface area contributed by atoms with Gasteiger partial charge in [-0.2, -0.15) is 0 Å². The summed E-state index contributed by atoms with van der Waals surface area (Å²) in [4.78, 5) is 23.3. The third-order valence-electron chi connectivity index (χ3n) is 4.65. The maximum atomic E-state index is 12.5. The molecule has 6 nitrogen and oxygen atoms in total. The average molecular weight is 313 g/mol. The third kappa shape index (κ3) is 2.74. The van der Waals surface area contributed by atoms with Crippen LogP contribution >= 0.6 is 0 Å². The normalized spacial score (nSPS) is 21.0. The molecule has 2 aliphatic heterocycles. The van der Waals surface area contributed by atoms with E-state index < -0.39 is 0 Å². The lowest BCUT2D eigenvalue weighted by Gasteiger charge is -2.18. The van der Waals surface area contributed by atoms with Crippen LogP contribution in [0.2, 0.25) is 0 Å². The van der Waals surface area contributed by atoms with E-state index in [-0.39, 0.29) is 5.91 Å². The van der Waals surface area contributed by atoms with Crippen LogP contribution in [-0.2, 0) is 17.6 Å². The molecule has 0 N–H and O–H groups in total. The second-order valence-electron chi connectivity index (χ2n) is 6.01. The molecule has 0 radical (unpaired) electrons. The summed E-state index contributed by atoms with van der Waals surface area (Å²) in [6.07, 6.45) is 5.73. The predicted molar refractivity (Wildman–Crippen MR) is 82.2 cm³/mol. The van der Waals surface area contributed by atoms with Crippen molar-refractivity contribution in [3.8, 4) is 0 Å². The van der Waals surface area contributed by atoms with Gasteiger partial charge in [-0.1, -0.05) is 0 Å². The van der Waals surface area contributed by atoms with E-state index in [0.29, 0.717) is 24.8 Å². The van der Waals surface area contributed by atoms with E-state index in [0.717, 1.165) is 43.9 Å². The number of carbonyl (C=O) groups is 1. The molecule has 4 heterocycles. The van der Waals surface area contributed by atoms with Gasteiger partial charge in [0.15, 0.2) is 5.76 Å². The number of hydrogen-bond donors (Lipinski definition) is 0. The Hall–Kier alpha value is -2.21. The quantitative estimate of drug-likeness (QED) is 0.846. The van der Waals surface area contributed by atoms with Crippen LogP contribution in [0, 0.1) is 0 Å². The molecule has 0 aromatic carbocycles. The van der Waals surface area contributed by atoms with Crippen molar-refractivity contribution in [1.29, 1.82) is 0 Å². The zero-order chi connectivity index (χ0) is 15.6. The number of nitrogens with zero attached hydrogens (tertiary/aromatic N) is 3. The van der Waals surface area contributed by atoms with Crippen molar-refractivity contribution in [3.63, 3.8) is 0 Å². The van der Waals surface area contributed by atoms with Crippen molar-refractivity contribution in [2.24, 2.45) is 0 Å². The number of fused-ring (bicyclic) bond motifs is 1. The molecule has 4 rings (SSSR count). The number of carbonyl (C=O) groups excluding carboxylic acids is 1. The van der Waals surface area contributed by atoms with E-state index in [4.69, 9.17) is 9.15 Å². The number of ether oxygens (including phenoxy) is 1. The highest BCUT2D eigenvalue weighted by atomic mass is 16.5. The minimum absolute atomic E-state index is 0.0542. The Kier molecular flexibility index (Phi) is 3.83. The summed E-state index contributed by atoms with van der Waals surface area (Å²) < 4.78 is 10.7. The molecule has 0 unspecified atom stereocenters. The lowest BCUT2D eigenvalue weighted by atomic mass is 9.96. The van der Waals surface area contributed by atoms with Gasteiger partial charge in [0.2, 0.25) is 0 Å². The van der Waals surface area contributed by atoms with Gasteiger partial charge in [0.1, 0.15) is 6.33 Å². The maximum Gasteiger partial charge on any atom is 0.289 e. The van der Waals surface area contributed by atoms with E-state index in [9.17, 15) is 4.79 Å². The molecule has 0 aliphatic carbocycles. The molecule has 120 valence electrons. The largest absolute Gasteiger partial charge is 0.459 e. The summed E-state index contributed by atoms with van der Waals surface area (Å²) in [5, 5.41) is 0. The fourth-order valence-corrected chi connectivity index (χ4v) is 3.41. The van der Waals surface area contributed by atoms with Gasteiger partial charge in [0.25, 0.3) is 5.91 Å². The molecular weight excluding hydrogens is 294 g/mol. The number of amides is 1. The highest BCUT2D eigenvalue weighted by molar-refractivity contribution is 5.91. The molecule has 23 heavy (non-hydrogen) atoms. The van der Waals surface area contributed by atoms with Crippen molar-refractivity contribution >= 4 is 5.91 Å². The van der Waals surface area contributed by atoms with Gasteiger partial charge in [-0.05, 0) is 30.5 Å². The summed E-state index contributed by atoms with van der Waals surface area (Å²) >= 11 is 0. The highest BCUT2D eigenvalue weighted by Gasteiger charge is 2.27. The maximum absolute atomic E-state index is 12.5. The predicted octanol–water partition coefficient (Wildman–Crippen LogP) is 1.81. The van der Waals surface area contributed by atoms with Gasteiger partial charge in [-0.25, -0.2) is 9.97 Å². The summed E-state index contributed by atoms with van der Waals surface area (Å²) in [6.45, 7) is 2.86. The molecule has 1 saturated heterocycles. The first-order valence-electron chi connectivity index (χ1n) is 8.06. The first kappa shape index (κ1) is 14.4. The van der Waals surface area contributed by atoms with Gasteiger partial charge < -0.3 is 14.1 Å². The molecule has 1 atom stereocenters. The molecule has 1 fully saturated rings. The topological polar surface area (TPSA) is 68.5 Å². The smallest absolute Gasteiger partial charge is 0.289 e. The van der Waals surface area contributed by atoms with E-state index in [1.165, 1.54) is 11.8 Å². The minimum Gasteiger partial charge on any atom is -0.459 e. The van der Waals surface area contributed by atoms with Crippen molar-refractivity contribution in [2.45, 2.75) is 25.2 Å². The van der Waals surface area contributed by atoms with Crippen LogP contribution in [0.5, 0.6) is 0 Å². The number of aromatic nitrogens is 2. The van der Waals surface area contributed by atoms with E-state index in [1.54, 1.807) is 18.5 Å². The Morgan fingerprint density at radius 1 is 1.26 bits per heavy atom. The molecule has 0 bridgehead atoms. The summed E-state index contributed by atoms with van der Waals surface area (Å²) in [5.74, 6) is 0.701. The summed E-state index contributed by atoms with van der Waals surface area (Å²) in [6, 6.07) is 3.45.